The number of benzene rings is 1. The minimum Gasteiger partial charge on any atom is -0.361 e. The van der Waals surface area contributed by atoms with Crippen LogP contribution in [-0.4, -0.2) is 25.1 Å². The van der Waals surface area contributed by atoms with Gasteiger partial charge in [-0.1, -0.05) is 12.1 Å². The van der Waals surface area contributed by atoms with E-state index < -0.39 is 11.0 Å². The highest BCUT2D eigenvalue weighted by atomic mass is 32.2. The maximum Gasteiger partial charge on any atom is 0.446 e. The van der Waals surface area contributed by atoms with Crippen molar-refractivity contribution in [3.8, 4) is 0 Å². The van der Waals surface area contributed by atoms with E-state index in [4.69, 9.17) is 0 Å². The van der Waals surface area contributed by atoms with Gasteiger partial charge in [-0.15, -0.1) is 0 Å². The molecule has 0 spiro atoms. The Morgan fingerprint density at radius 3 is 2.44 bits per heavy atom. The number of nitrogens with one attached hydrogen (secondary N) is 1. The van der Waals surface area contributed by atoms with E-state index in [2.05, 4.69) is 20.4 Å². The van der Waals surface area contributed by atoms with E-state index in [0.717, 1.165) is 11.3 Å². The van der Waals surface area contributed by atoms with Gasteiger partial charge in [-0.05, 0) is 50.2 Å². The predicted octanol–water partition coefficient (Wildman–Crippen LogP) is 4.39. The third-order valence-electron chi connectivity index (χ3n) is 3.63. The van der Waals surface area contributed by atoms with Crippen LogP contribution in [0.2, 0.25) is 0 Å². The zero-order valence-electron chi connectivity index (χ0n) is 13.8. The standard InChI is InChI=1S/C16H16F3N5S/c1-10-8-13(24-14(22-10)20-9-21-24)23-15(2,3)11-4-6-12(7-5-11)25-16(17,18)19/h4-9,23H,1-3H3. The lowest BCUT2D eigenvalue weighted by atomic mass is 9.94. The first kappa shape index (κ1) is 17.5. The molecule has 0 aliphatic carbocycles. The summed E-state index contributed by atoms with van der Waals surface area (Å²) in [6.45, 7) is 5.74. The summed E-state index contributed by atoms with van der Waals surface area (Å²) in [6.07, 6.45) is 1.42. The molecule has 0 aliphatic heterocycles. The fourth-order valence-corrected chi connectivity index (χ4v) is 3.02. The first-order valence-corrected chi connectivity index (χ1v) is 8.27. The van der Waals surface area contributed by atoms with Gasteiger partial charge in [0.25, 0.3) is 5.78 Å². The van der Waals surface area contributed by atoms with Crippen LogP contribution < -0.4 is 5.32 Å². The molecular formula is C16H16F3N5S. The minimum atomic E-state index is -4.29. The van der Waals surface area contributed by atoms with E-state index in [-0.39, 0.29) is 16.7 Å². The molecule has 3 aromatic rings. The Morgan fingerprint density at radius 1 is 1.12 bits per heavy atom. The Kier molecular flexibility index (Phi) is 4.36. The van der Waals surface area contributed by atoms with Gasteiger partial charge in [0.15, 0.2) is 0 Å². The number of anilines is 1. The van der Waals surface area contributed by atoms with Gasteiger partial charge in [0, 0.05) is 16.7 Å². The van der Waals surface area contributed by atoms with Crippen LogP contribution in [0.4, 0.5) is 19.0 Å². The topological polar surface area (TPSA) is 55.1 Å². The van der Waals surface area contributed by atoms with Gasteiger partial charge in [0.1, 0.15) is 12.1 Å². The van der Waals surface area contributed by atoms with Gasteiger partial charge in [0.05, 0.1) is 5.54 Å². The minimum absolute atomic E-state index is 0.122. The normalized spacial score (nSPS) is 12.6. The molecule has 0 fully saturated rings. The number of rotatable bonds is 4. The summed E-state index contributed by atoms with van der Waals surface area (Å²) in [4.78, 5) is 8.52. The summed E-state index contributed by atoms with van der Waals surface area (Å²) in [6, 6.07) is 8.16. The summed E-state index contributed by atoms with van der Waals surface area (Å²) in [5.74, 6) is 1.19. The molecule has 0 amide bonds. The molecule has 0 radical (unpaired) electrons. The third kappa shape index (κ3) is 4.04. The van der Waals surface area contributed by atoms with Crippen LogP contribution in [0.15, 0.2) is 41.6 Å². The molecule has 0 saturated carbocycles. The van der Waals surface area contributed by atoms with E-state index in [9.17, 15) is 13.2 Å². The van der Waals surface area contributed by atoms with Crippen molar-refractivity contribution in [2.75, 3.05) is 5.32 Å². The monoisotopic (exact) mass is 367 g/mol. The fourth-order valence-electron chi connectivity index (χ4n) is 2.49. The van der Waals surface area contributed by atoms with Crippen molar-refractivity contribution in [1.29, 1.82) is 0 Å². The quantitative estimate of drug-likeness (QED) is 0.693. The Morgan fingerprint density at radius 2 is 1.80 bits per heavy atom. The maximum atomic E-state index is 12.4. The smallest absolute Gasteiger partial charge is 0.361 e. The number of hydrogen-bond acceptors (Lipinski definition) is 5. The lowest BCUT2D eigenvalue weighted by Crippen LogP contribution is -2.29. The summed E-state index contributed by atoms with van der Waals surface area (Å²) in [5, 5.41) is 7.51. The van der Waals surface area contributed by atoms with Gasteiger partial charge >= 0.3 is 5.51 Å². The van der Waals surface area contributed by atoms with Crippen LogP contribution in [0.1, 0.15) is 25.1 Å². The molecule has 0 aliphatic rings. The largest absolute Gasteiger partial charge is 0.446 e. The Labute approximate surface area is 146 Å². The van der Waals surface area contributed by atoms with Crippen molar-refractivity contribution in [2.45, 2.75) is 36.7 Å². The number of halogens is 3. The molecule has 0 saturated heterocycles. The van der Waals surface area contributed by atoms with Gasteiger partial charge < -0.3 is 5.32 Å². The molecule has 9 heteroatoms. The highest BCUT2D eigenvalue weighted by Gasteiger charge is 2.29. The maximum absolute atomic E-state index is 12.4. The van der Waals surface area contributed by atoms with Gasteiger partial charge in [-0.3, -0.25) is 0 Å². The van der Waals surface area contributed by atoms with Crippen LogP contribution >= 0.6 is 11.8 Å². The Bertz CT molecular complexity index is 887. The first-order chi connectivity index (χ1) is 11.6. The van der Waals surface area contributed by atoms with Crippen molar-refractivity contribution < 1.29 is 13.2 Å². The molecule has 1 aromatic carbocycles. The number of thioether (sulfide) groups is 1. The average molecular weight is 367 g/mol. The molecule has 2 aromatic heterocycles. The van der Waals surface area contributed by atoms with E-state index in [1.54, 1.807) is 16.6 Å². The molecule has 0 unspecified atom stereocenters. The number of alkyl halides is 3. The Balaban J connectivity index is 1.87. The first-order valence-electron chi connectivity index (χ1n) is 7.46. The van der Waals surface area contributed by atoms with Crippen molar-refractivity contribution in [3.63, 3.8) is 0 Å². The number of aryl methyl sites for hydroxylation is 1. The molecule has 0 atom stereocenters. The second-order valence-corrected chi connectivity index (χ2v) is 7.22. The summed E-state index contributed by atoms with van der Waals surface area (Å²) in [7, 11) is 0. The van der Waals surface area contributed by atoms with Crippen LogP contribution in [0.3, 0.4) is 0 Å². The van der Waals surface area contributed by atoms with Gasteiger partial charge in [-0.2, -0.15) is 27.8 Å². The summed E-state index contributed by atoms with van der Waals surface area (Å²) < 4.78 is 38.9. The number of aromatic nitrogens is 4. The number of fused-ring (bicyclic) bond motifs is 1. The van der Waals surface area contributed by atoms with Crippen molar-refractivity contribution >= 4 is 23.4 Å². The van der Waals surface area contributed by atoms with Crippen LogP contribution in [0.25, 0.3) is 5.78 Å². The molecule has 25 heavy (non-hydrogen) atoms. The van der Waals surface area contributed by atoms with Crippen LogP contribution in [0, 0.1) is 6.92 Å². The lowest BCUT2D eigenvalue weighted by Gasteiger charge is -2.28. The SMILES string of the molecule is Cc1cc(NC(C)(C)c2ccc(SC(F)(F)F)cc2)n2ncnc2n1. The van der Waals surface area contributed by atoms with E-state index in [0.29, 0.717) is 11.6 Å². The molecule has 132 valence electrons. The Hall–Kier alpha value is -2.29. The highest BCUT2D eigenvalue weighted by molar-refractivity contribution is 8.00. The lowest BCUT2D eigenvalue weighted by molar-refractivity contribution is -0.0328. The highest BCUT2D eigenvalue weighted by Crippen LogP contribution is 2.37. The van der Waals surface area contributed by atoms with Crippen LogP contribution in [0.5, 0.6) is 0 Å². The van der Waals surface area contributed by atoms with Crippen molar-refractivity contribution in [1.82, 2.24) is 19.6 Å². The van der Waals surface area contributed by atoms with Gasteiger partial charge in [0.2, 0.25) is 0 Å². The molecule has 1 N–H and O–H groups in total. The van der Waals surface area contributed by atoms with E-state index in [1.165, 1.54) is 18.5 Å². The molecule has 5 nitrogen and oxygen atoms in total. The summed E-state index contributed by atoms with van der Waals surface area (Å²) >= 11 is -0.122. The van der Waals surface area contributed by atoms with Crippen molar-refractivity contribution in [3.05, 3.63) is 47.9 Å². The van der Waals surface area contributed by atoms with Crippen LogP contribution in [-0.2, 0) is 5.54 Å². The average Bonchev–Trinajstić information content (AvgIpc) is 2.94. The van der Waals surface area contributed by atoms with E-state index in [1.807, 2.05) is 26.8 Å². The molecular weight excluding hydrogens is 351 g/mol. The second-order valence-electron chi connectivity index (χ2n) is 6.08. The molecule has 3 rings (SSSR count). The molecule has 2 heterocycles. The number of hydrogen-bond donors (Lipinski definition) is 1. The third-order valence-corrected chi connectivity index (χ3v) is 4.37. The second kappa shape index (κ2) is 6.21. The van der Waals surface area contributed by atoms with Gasteiger partial charge in [-0.25, -0.2) is 4.98 Å². The fraction of sp³-hybridized carbons (Fsp3) is 0.312. The van der Waals surface area contributed by atoms with Crippen molar-refractivity contribution in [2.24, 2.45) is 0 Å². The predicted molar refractivity (Wildman–Crippen MR) is 90.5 cm³/mol. The number of nitrogens with zero attached hydrogens (tertiary/aromatic N) is 4. The molecule has 0 bridgehead atoms. The zero-order chi connectivity index (χ0) is 18.2. The van der Waals surface area contributed by atoms with E-state index >= 15 is 0 Å². The zero-order valence-corrected chi connectivity index (χ0v) is 14.6. The summed E-state index contributed by atoms with van der Waals surface area (Å²) in [5.41, 5.74) is -3.19.